The topological polar surface area (TPSA) is 155 Å². The van der Waals surface area contributed by atoms with Gasteiger partial charge in [-0.2, -0.15) is 0 Å². The van der Waals surface area contributed by atoms with Gasteiger partial charge in [0, 0.05) is 22.5 Å². The first-order valence-electron chi connectivity index (χ1n) is 10.9. The Morgan fingerprint density at radius 2 is 1.27 bits per heavy atom. The maximum Gasteiger partial charge on any atom is 1.00 e. The molecule has 0 fully saturated rings. The number of anilines is 4. The van der Waals surface area contributed by atoms with Crippen molar-refractivity contribution in [3.05, 3.63) is 112 Å². The molecule has 4 aromatic rings. The van der Waals surface area contributed by atoms with Crippen LogP contribution in [0.2, 0.25) is 0 Å². The van der Waals surface area contributed by atoms with Crippen molar-refractivity contribution in [1.29, 1.82) is 0 Å². The van der Waals surface area contributed by atoms with Gasteiger partial charge >= 0.3 is 29.6 Å². The molecule has 1 aliphatic rings. The van der Waals surface area contributed by atoms with E-state index in [9.17, 15) is 22.6 Å². The Bertz CT molecular complexity index is 1650. The molecule has 8 nitrogen and oxygen atoms in total. The smallest absolute Gasteiger partial charge is 0.744 e. The summed E-state index contributed by atoms with van der Waals surface area (Å²) < 4.78 is 35.8. The minimum absolute atomic E-state index is 0. The molecule has 0 amide bonds. The van der Waals surface area contributed by atoms with Gasteiger partial charge in [0.2, 0.25) is 0 Å². The van der Waals surface area contributed by atoms with E-state index in [0.29, 0.717) is 17.8 Å². The summed E-state index contributed by atoms with van der Waals surface area (Å²) in [5, 5.41) is 3.00. The second kappa shape index (κ2) is 10.1. The van der Waals surface area contributed by atoms with Crippen molar-refractivity contribution in [3.63, 3.8) is 0 Å². The first kappa shape index (κ1) is 26.6. The van der Waals surface area contributed by atoms with Gasteiger partial charge in [0.1, 0.15) is 10.1 Å². The third kappa shape index (κ3) is 5.04. The monoisotopic (exact) mass is 521 g/mol. The molecule has 5 N–H and O–H groups in total. The molecule has 180 valence electrons. The molecule has 0 bridgehead atoms. The zero-order valence-electron chi connectivity index (χ0n) is 19.8. The minimum atomic E-state index is -5.03. The molecule has 0 atom stereocenters. The molecular formula is C27H20N3NaO5S. The van der Waals surface area contributed by atoms with Gasteiger partial charge in [-0.05, 0) is 47.9 Å². The molecule has 0 saturated heterocycles. The van der Waals surface area contributed by atoms with E-state index in [1.54, 1.807) is 24.3 Å². The van der Waals surface area contributed by atoms with Gasteiger partial charge in [0.15, 0.2) is 11.6 Å². The van der Waals surface area contributed by atoms with Crippen LogP contribution >= 0.6 is 0 Å². The van der Waals surface area contributed by atoms with Crippen LogP contribution in [0.5, 0.6) is 0 Å². The van der Waals surface area contributed by atoms with E-state index < -0.39 is 32.3 Å². The van der Waals surface area contributed by atoms with Crippen molar-refractivity contribution in [3.8, 4) is 0 Å². The molecule has 0 aliphatic heterocycles. The van der Waals surface area contributed by atoms with E-state index >= 15 is 0 Å². The number of benzene rings is 4. The Hall–Kier alpha value is -3.47. The Labute approximate surface area is 235 Å². The number of carbonyl (C=O) groups is 2. The summed E-state index contributed by atoms with van der Waals surface area (Å²) in [5.41, 5.74) is 14.4. The Balaban J connectivity index is 0.00000320. The van der Waals surface area contributed by atoms with E-state index in [-0.39, 0.29) is 57.5 Å². The molecule has 0 unspecified atom stereocenters. The number of nitrogens with two attached hydrogens (primary N) is 2. The molecule has 5 rings (SSSR count). The maximum atomic E-state index is 13.4. The van der Waals surface area contributed by atoms with E-state index in [2.05, 4.69) is 5.32 Å². The van der Waals surface area contributed by atoms with E-state index in [0.717, 1.165) is 17.2 Å². The Morgan fingerprint density at radius 3 is 1.81 bits per heavy atom. The van der Waals surface area contributed by atoms with Crippen LogP contribution in [0, 0.1) is 0 Å². The number of carbonyl (C=O) groups excluding carboxylic acids is 2. The number of hydrogen-bond acceptors (Lipinski definition) is 8. The fourth-order valence-electron chi connectivity index (χ4n) is 4.33. The predicted molar refractivity (Wildman–Crippen MR) is 136 cm³/mol. The van der Waals surface area contributed by atoms with Crippen molar-refractivity contribution in [1.82, 2.24) is 0 Å². The summed E-state index contributed by atoms with van der Waals surface area (Å²) in [6.45, 7) is 0. The largest absolute Gasteiger partial charge is 1.00 e. The summed E-state index contributed by atoms with van der Waals surface area (Å²) in [6.07, 6.45) is 0.667. The minimum Gasteiger partial charge on any atom is -0.744 e. The summed E-state index contributed by atoms with van der Waals surface area (Å²) in [4.78, 5) is 25.8. The zero-order chi connectivity index (χ0) is 25.6. The second-order valence-electron chi connectivity index (χ2n) is 8.48. The van der Waals surface area contributed by atoms with Crippen LogP contribution in [0.4, 0.5) is 22.7 Å². The van der Waals surface area contributed by atoms with Crippen LogP contribution in [0.3, 0.4) is 0 Å². The molecular weight excluding hydrogens is 501 g/mol. The average molecular weight is 522 g/mol. The second-order valence-corrected chi connectivity index (χ2v) is 9.83. The van der Waals surface area contributed by atoms with Gasteiger partial charge in [0.05, 0.1) is 27.4 Å². The van der Waals surface area contributed by atoms with Crippen LogP contribution in [-0.4, -0.2) is 24.5 Å². The maximum absolute atomic E-state index is 13.4. The number of nitrogens with one attached hydrogen (secondary N) is 1. The molecule has 0 saturated carbocycles. The van der Waals surface area contributed by atoms with Crippen molar-refractivity contribution in [2.24, 2.45) is 0 Å². The number of hydrogen-bond donors (Lipinski definition) is 3. The van der Waals surface area contributed by atoms with Crippen molar-refractivity contribution < 1.29 is 52.1 Å². The van der Waals surface area contributed by atoms with Crippen molar-refractivity contribution >= 4 is 44.4 Å². The third-order valence-electron chi connectivity index (χ3n) is 6.09. The molecule has 4 aromatic carbocycles. The number of fused-ring (bicyclic) bond motifs is 2. The number of nitrogen functional groups attached to an aromatic ring is 2. The molecule has 0 heterocycles. The van der Waals surface area contributed by atoms with E-state index in [1.807, 2.05) is 36.4 Å². The number of ketones is 2. The van der Waals surface area contributed by atoms with Gasteiger partial charge in [-0.15, -0.1) is 0 Å². The summed E-state index contributed by atoms with van der Waals surface area (Å²) in [5.74, 6) is -1.12. The quantitative estimate of drug-likeness (QED) is 0.175. The summed E-state index contributed by atoms with van der Waals surface area (Å²) >= 11 is 0. The third-order valence-corrected chi connectivity index (χ3v) is 6.97. The van der Waals surface area contributed by atoms with Crippen LogP contribution in [0.15, 0.2) is 83.8 Å². The first-order valence-corrected chi connectivity index (χ1v) is 12.4. The van der Waals surface area contributed by atoms with Crippen molar-refractivity contribution in [2.45, 2.75) is 11.3 Å². The SMILES string of the molecule is Nc1ccc(Cc2ccc(Nc3cc(S(=O)(=O)[O-])c(N)c4c3C(=O)c3ccccc3C4=O)cc2)cc1.[Na+]. The standard InChI is InChI=1S/C27H21N3O5S.Na/c28-17-9-5-15(6-10-17)13-16-7-11-18(12-8-16)30-21-14-22(36(33,34)35)25(29)24-23(21)26(31)19-3-1-2-4-20(19)27(24)32;/h1-12,14,30H,13,28-29H2,(H,33,34,35);/q;+1/p-1. The molecule has 1 aliphatic carbocycles. The fourth-order valence-corrected chi connectivity index (χ4v) is 4.97. The summed E-state index contributed by atoms with van der Waals surface area (Å²) in [7, 11) is -5.03. The Morgan fingerprint density at radius 1 is 0.757 bits per heavy atom. The molecule has 0 spiro atoms. The van der Waals surface area contributed by atoms with E-state index in [1.165, 1.54) is 12.1 Å². The van der Waals surface area contributed by atoms with Gasteiger partial charge in [-0.3, -0.25) is 9.59 Å². The molecule has 10 heteroatoms. The van der Waals surface area contributed by atoms with Crippen LogP contribution in [-0.2, 0) is 16.5 Å². The van der Waals surface area contributed by atoms with Gasteiger partial charge in [0.25, 0.3) is 0 Å². The number of rotatable bonds is 5. The Kier molecular flexibility index (Phi) is 7.27. The van der Waals surface area contributed by atoms with Gasteiger partial charge in [-0.1, -0.05) is 48.5 Å². The van der Waals surface area contributed by atoms with Gasteiger partial charge in [-0.25, -0.2) is 8.42 Å². The zero-order valence-corrected chi connectivity index (χ0v) is 22.6. The first-order chi connectivity index (χ1) is 17.1. The van der Waals surface area contributed by atoms with Crippen LogP contribution in [0.1, 0.15) is 43.0 Å². The van der Waals surface area contributed by atoms with E-state index in [4.69, 9.17) is 11.5 Å². The predicted octanol–water partition coefficient (Wildman–Crippen LogP) is 0.869. The average Bonchev–Trinajstić information content (AvgIpc) is 2.85. The van der Waals surface area contributed by atoms with Gasteiger partial charge < -0.3 is 21.3 Å². The normalized spacial score (nSPS) is 12.4. The van der Waals surface area contributed by atoms with Crippen molar-refractivity contribution in [2.75, 3.05) is 16.8 Å². The molecule has 37 heavy (non-hydrogen) atoms. The van der Waals surface area contributed by atoms with Crippen LogP contribution < -0.4 is 46.3 Å². The fraction of sp³-hybridized carbons (Fsp3) is 0.0370. The van der Waals surface area contributed by atoms with Crippen LogP contribution in [0.25, 0.3) is 0 Å². The molecule has 0 aromatic heterocycles. The summed E-state index contributed by atoms with van der Waals surface area (Å²) in [6, 6.07) is 22.0. The molecule has 0 radical (unpaired) electrons.